The van der Waals surface area contributed by atoms with Crippen LogP contribution in [0.15, 0.2) is 0 Å². The minimum Gasteiger partial charge on any atom is -0.328 e. The number of nitrogens with two attached hydrogens (primary N) is 2. The quantitative estimate of drug-likeness (QED) is 0.570. The van der Waals surface area contributed by atoms with Gasteiger partial charge in [-0.3, -0.25) is 0 Å². The van der Waals surface area contributed by atoms with E-state index in [0.29, 0.717) is 12.5 Å². The molecule has 0 aromatic rings. The summed E-state index contributed by atoms with van der Waals surface area (Å²) in [5, 5.41) is 4.82. The molecule has 0 amide bonds. The molecule has 0 heterocycles. The fourth-order valence-electron chi connectivity index (χ4n) is 1.75. The van der Waals surface area contributed by atoms with Crippen molar-refractivity contribution < 1.29 is 8.42 Å². The highest BCUT2D eigenvalue weighted by atomic mass is 32.2. The molecule has 1 aliphatic rings. The number of rotatable bonds is 3. The second-order valence-corrected chi connectivity index (χ2v) is 5.06. The zero-order valence-electron chi connectivity index (χ0n) is 7.57. The van der Waals surface area contributed by atoms with Gasteiger partial charge in [-0.25, -0.2) is 9.86 Å². The monoisotopic (exact) mass is 207 g/mol. The van der Waals surface area contributed by atoms with Gasteiger partial charge in [0.05, 0.1) is 0 Å². The average molecular weight is 207 g/mol. The van der Waals surface area contributed by atoms with Gasteiger partial charge in [-0.1, -0.05) is 6.42 Å². The van der Waals surface area contributed by atoms with E-state index in [4.69, 9.17) is 10.9 Å². The Bertz CT molecular complexity index is 252. The van der Waals surface area contributed by atoms with Crippen molar-refractivity contribution in [3.8, 4) is 0 Å². The number of hydrogen-bond donors (Lipinski definition) is 3. The van der Waals surface area contributed by atoms with Gasteiger partial charge in [0.1, 0.15) is 0 Å². The van der Waals surface area contributed by atoms with Crippen LogP contribution < -0.4 is 15.6 Å². The first-order valence-corrected chi connectivity index (χ1v) is 6.05. The van der Waals surface area contributed by atoms with Crippen molar-refractivity contribution in [3.63, 3.8) is 0 Å². The summed E-state index contributed by atoms with van der Waals surface area (Å²) < 4.78 is 23.5. The van der Waals surface area contributed by atoms with E-state index < -0.39 is 10.2 Å². The molecule has 0 aliphatic heterocycles. The maximum Gasteiger partial charge on any atom is 0.274 e. The Morgan fingerprint density at radius 1 is 1.38 bits per heavy atom. The molecule has 1 saturated carbocycles. The van der Waals surface area contributed by atoms with Crippen molar-refractivity contribution in [2.24, 2.45) is 16.8 Å². The van der Waals surface area contributed by atoms with Crippen LogP contribution >= 0.6 is 0 Å². The molecule has 78 valence electrons. The van der Waals surface area contributed by atoms with Gasteiger partial charge in [0, 0.05) is 12.6 Å². The third-order valence-electron chi connectivity index (χ3n) is 2.40. The van der Waals surface area contributed by atoms with Gasteiger partial charge in [-0.05, 0) is 25.2 Å². The lowest BCUT2D eigenvalue weighted by Gasteiger charge is -2.26. The van der Waals surface area contributed by atoms with E-state index in [-0.39, 0.29) is 6.04 Å². The lowest BCUT2D eigenvalue weighted by atomic mass is 9.86. The molecule has 6 heteroatoms. The highest BCUT2D eigenvalue weighted by Crippen LogP contribution is 2.22. The molecule has 2 unspecified atom stereocenters. The molecule has 0 aromatic heterocycles. The van der Waals surface area contributed by atoms with E-state index in [9.17, 15) is 8.42 Å². The Balaban J connectivity index is 2.29. The minimum absolute atomic E-state index is 0.223. The summed E-state index contributed by atoms with van der Waals surface area (Å²) in [5.74, 6) is 0.349. The van der Waals surface area contributed by atoms with Crippen LogP contribution in [0.25, 0.3) is 0 Å². The molecular weight excluding hydrogens is 190 g/mol. The fraction of sp³-hybridized carbons (Fsp3) is 1.00. The van der Waals surface area contributed by atoms with Crippen LogP contribution in [0.2, 0.25) is 0 Å². The average Bonchev–Trinajstić information content (AvgIpc) is 2.00. The Morgan fingerprint density at radius 3 is 2.62 bits per heavy atom. The third kappa shape index (κ3) is 4.56. The zero-order chi connectivity index (χ0) is 9.90. The SMILES string of the molecule is NC1CCCC(CNS(N)(=O)=O)C1. The first-order valence-electron chi connectivity index (χ1n) is 4.50. The second kappa shape index (κ2) is 4.36. The number of hydrogen-bond acceptors (Lipinski definition) is 3. The highest BCUT2D eigenvalue weighted by molar-refractivity contribution is 7.87. The predicted molar refractivity (Wildman–Crippen MR) is 51.0 cm³/mol. The van der Waals surface area contributed by atoms with E-state index in [2.05, 4.69) is 4.72 Å². The fourth-order valence-corrected chi connectivity index (χ4v) is 2.22. The van der Waals surface area contributed by atoms with Gasteiger partial charge in [0.2, 0.25) is 0 Å². The smallest absolute Gasteiger partial charge is 0.274 e. The normalized spacial score (nSPS) is 30.3. The van der Waals surface area contributed by atoms with Crippen molar-refractivity contribution in [2.75, 3.05) is 6.54 Å². The van der Waals surface area contributed by atoms with Gasteiger partial charge in [0.25, 0.3) is 10.2 Å². The van der Waals surface area contributed by atoms with Crippen molar-refractivity contribution in [1.82, 2.24) is 4.72 Å². The highest BCUT2D eigenvalue weighted by Gasteiger charge is 2.19. The summed E-state index contributed by atoms with van der Waals surface area (Å²) in [4.78, 5) is 0. The van der Waals surface area contributed by atoms with Crippen molar-refractivity contribution in [1.29, 1.82) is 0 Å². The lowest BCUT2D eigenvalue weighted by molar-refractivity contribution is 0.322. The zero-order valence-corrected chi connectivity index (χ0v) is 8.39. The summed E-state index contributed by atoms with van der Waals surface area (Å²) >= 11 is 0. The molecule has 13 heavy (non-hydrogen) atoms. The first kappa shape index (κ1) is 10.9. The van der Waals surface area contributed by atoms with E-state index in [1.165, 1.54) is 0 Å². The minimum atomic E-state index is -3.53. The van der Waals surface area contributed by atoms with Crippen LogP contribution in [0, 0.1) is 5.92 Å². The summed E-state index contributed by atoms with van der Waals surface area (Å²) in [6.45, 7) is 0.423. The molecule has 0 aromatic carbocycles. The molecule has 1 aliphatic carbocycles. The van der Waals surface area contributed by atoms with Gasteiger partial charge >= 0.3 is 0 Å². The van der Waals surface area contributed by atoms with Crippen molar-refractivity contribution >= 4 is 10.2 Å². The predicted octanol–water partition coefficient (Wildman–Crippen LogP) is -0.703. The van der Waals surface area contributed by atoms with Gasteiger partial charge < -0.3 is 5.73 Å². The van der Waals surface area contributed by atoms with Crippen LogP contribution in [0.1, 0.15) is 25.7 Å². The second-order valence-electron chi connectivity index (χ2n) is 3.69. The molecule has 0 saturated heterocycles. The van der Waals surface area contributed by atoms with Gasteiger partial charge in [-0.2, -0.15) is 8.42 Å². The summed E-state index contributed by atoms with van der Waals surface area (Å²) in [5.41, 5.74) is 5.76. The van der Waals surface area contributed by atoms with E-state index in [1.807, 2.05) is 0 Å². The number of nitrogens with one attached hydrogen (secondary N) is 1. The topological polar surface area (TPSA) is 98.2 Å². The summed E-state index contributed by atoms with van der Waals surface area (Å²) in [6.07, 6.45) is 4.06. The Hall–Kier alpha value is -0.170. The largest absolute Gasteiger partial charge is 0.328 e. The summed E-state index contributed by atoms with van der Waals surface area (Å²) in [6, 6.07) is 0.223. The first-order chi connectivity index (χ1) is 5.97. The van der Waals surface area contributed by atoms with Crippen LogP contribution in [-0.2, 0) is 10.2 Å². The molecule has 1 rings (SSSR count). The Morgan fingerprint density at radius 2 is 2.08 bits per heavy atom. The summed E-state index contributed by atoms with van der Waals surface area (Å²) in [7, 11) is -3.53. The molecule has 0 radical (unpaired) electrons. The molecule has 2 atom stereocenters. The maximum absolute atomic E-state index is 10.6. The van der Waals surface area contributed by atoms with Crippen LogP contribution in [0.4, 0.5) is 0 Å². The molecule has 0 bridgehead atoms. The van der Waals surface area contributed by atoms with Crippen LogP contribution in [-0.4, -0.2) is 21.0 Å². The third-order valence-corrected chi connectivity index (χ3v) is 2.97. The molecule has 0 spiro atoms. The van der Waals surface area contributed by atoms with Crippen molar-refractivity contribution in [2.45, 2.75) is 31.7 Å². The van der Waals surface area contributed by atoms with E-state index in [1.54, 1.807) is 0 Å². The van der Waals surface area contributed by atoms with Crippen LogP contribution in [0.3, 0.4) is 0 Å². The molecule has 5 nitrogen and oxygen atoms in total. The van der Waals surface area contributed by atoms with Gasteiger partial charge in [0.15, 0.2) is 0 Å². The van der Waals surface area contributed by atoms with E-state index in [0.717, 1.165) is 25.7 Å². The van der Waals surface area contributed by atoms with Crippen LogP contribution in [0.5, 0.6) is 0 Å². The van der Waals surface area contributed by atoms with Crippen molar-refractivity contribution in [3.05, 3.63) is 0 Å². The van der Waals surface area contributed by atoms with Gasteiger partial charge in [-0.15, -0.1) is 0 Å². The maximum atomic E-state index is 10.6. The molecule has 1 fully saturated rings. The van der Waals surface area contributed by atoms with E-state index >= 15 is 0 Å². The Kier molecular flexibility index (Phi) is 3.66. The molecular formula is C7H17N3O2S. The standard InChI is InChI=1S/C7H17N3O2S/c8-7-3-1-2-6(4-7)5-10-13(9,11)12/h6-7,10H,1-5,8H2,(H2,9,11,12). The Labute approximate surface area is 79.0 Å². The molecule has 5 N–H and O–H groups in total. The lowest BCUT2D eigenvalue weighted by Crippen LogP contribution is -2.38.